The molecule has 1 aliphatic rings. The number of hydrogen-bond donors (Lipinski definition) is 1. The van der Waals surface area contributed by atoms with E-state index in [4.69, 9.17) is 0 Å². The van der Waals surface area contributed by atoms with Crippen LogP contribution in [0, 0.1) is 5.41 Å². The molecule has 3 nitrogen and oxygen atoms in total. The zero-order valence-corrected chi connectivity index (χ0v) is 19.7. The van der Waals surface area contributed by atoms with Gasteiger partial charge in [0.05, 0.1) is 0 Å². The number of aromatic nitrogens is 3. The Balaban J connectivity index is 0.00000204. The summed E-state index contributed by atoms with van der Waals surface area (Å²) in [4.78, 5) is 0. The first kappa shape index (κ1) is 24.6. The molecule has 0 radical (unpaired) electrons. The van der Waals surface area contributed by atoms with E-state index in [9.17, 15) is 0 Å². The monoisotopic (exact) mass is 393 g/mol. The van der Waals surface area contributed by atoms with Crippen molar-refractivity contribution in [2.75, 3.05) is 0 Å². The van der Waals surface area contributed by atoms with Gasteiger partial charge >= 0.3 is 0 Å². The maximum Gasteiger partial charge on any atom is 0.115 e. The van der Waals surface area contributed by atoms with E-state index in [2.05, 4.69) is 87.0 Å². The van der Waals surface area contributed by atoms with Gasteiger partial charge in [0.25, 0.3) is 0 Å². The summed E-state index contributed by atoms with van der Waals surface area (Å²) in [6.45, 7) is 21.1. The van der Waals surface area contributed by atoms with E-state index in [-0.39, 0.29) is 5.41 Å². The SMILES string of the molecule is C=C(C)c1n[nH]nc1/C=C(C)/C=C/C=C(C)/C=C/C1=C(C)CCCC1(C)C.CC. The zero-order chi connectivity index (χ0) is 22.0. The largest absolute Gasteiger partial charge is 0.197 e. The van der Waals surface area contributed by atoms with Crippen molar-refractivity contribution in [1.82, 2.24) is 15.4 Å². The molecular weight excluding hydrogens is 354 g/mol. The van der Waals surface area contributed by atoms with Crippen LogP contribution in [0.1, 0.15) is 86.0 Å². The van der Waals surface area contributed by atoms with Gasteiger partial charge in [-0.25, -0.2) is 0 Å². The van der Waals surface area contributed by atoms with E-state index in [1.807, 2.05) is 26.8 Å². The Morgan fingerprint density at radius 1 is 1.07 bits per heavy atom. The molecule has 1 aromatic rings. The van der Waals surface area contributed by atoms with Gasteiger partial charge in [0.2, 0.25) is 0 Å². The fraction of sp³-hybridized carbons (Fsp3) is 0.462. The maximum absolute atomic E-state index is 4.18. The Labute approximate surface area is 178 Å². The van der Waals surface area contributed by atoms with Crippen LogP contribution in [0.25, 0.3) is 11.6 Å². The molecule has 0 aliphatic heterocycles. The minimum atomic E-state index is 0.285. The number of aromatic amines is 1. The highest BCUT2D eigenvalue weighted by atomic mass is 15.3. The lowest BCUT2D eigenvalue weighted by Crippen LogP contribution is -2.19. The van der Waals surface area contributed by atoms with Crippen LogP contribution in [0.4, 0.5) is 0 Å². The molecule has 0 aromatic carbocycles. The second kappa shape index (κ2) is 11.5. The van der Waals surface area contributed by atoms with Crippen LogP contribution in [0.3, 0.4) is 0 Å². The summed E-state index contributed by atoms with van der Waals surface area (Å²) in [5, 5.41) is 11.0. The van der Waals surface area contributed by atoms with Crippen molar-refractivity contribution in [3.63, 3.8) is 0 Å². The first-order valence-corrected chi connectivity index (χ1v) is 10.7. The standard InChI is InChI=1S/C24H33N3.C2H6/c1-17(2)23-22(25-27-26-23)16-19(4)11-8-10-18(3)13-14-21-20(5)12-9-15-24(21,6)7;1-2/h8,10-11,13-14,16H,1,9,12,15H2,2-7H3,(H,25,26,27);1-2H3/b11-8+,14-13+,18-10+,19-16+;. The van der Waals surface area contributed by atoms with Crippen LogP contribution in [-0.4, -0.2) is 15.4 Å². The summed E-state index contributed by atoms with van der Waals surface area (Å²) in [6, 6.07) is 0. The average Bonchev–Trinajstić information content (AvgIpc) is 3.10. The van der Waals surface area contributed by atoms with E-state index in [1.165, 1.54) is 36.0 Å². The zero-order valence-electron chi connectivity index (χ0n) is 19.7. The molecule has 0 saturated carbocycles. The predicted molar refractivity (Wildman–Crippen MR) is 128 cm³/mol. The van der Waals surface area contributed by atoms with Gasteiger partial charge in [0.15, 0.2) is 0 Å². The second-order valence-corrected chi connectivity index (χ2v) is 8.26. The highest BCUT2D eigenvalue weighted by Gasteiger charge is 2.26. The molecule has 1 heterocycles. The minimum Gasteiger partial charge on any atom is -0.197 e. The van der Waals surface area contributed by atoms with Crippen molar-refractivity contribution >= 4 is 11.6 Å². The topological polar surface area (TPSA) is 41.6 Å². The van der Waals surface area contributed by atoms with Crippen molar-refractivity contribution in [2.45, 2.75) is 74.7 Å². The first-order chi connectivity index (χ1) is 13.7. The summed E-state index contributed by atoms with van der Waals surface area (Å²) in [5.74, 6) is 0. The molecule has 3 heteroatoms. The van der Waals surface area contributed by atoms with Gasteiger partial charge in [-0.05, 0) is 75.2 Å². The Morgan fingerprint density at radius 3 is 2.38 bits per heavy atom. The molecule has 0 fully saturated rings. The van der Waals surface area contributed by atoms with Crippen molar-refractivity contribution in [3.05, 3.63) is 70.6 Å². The number of rotatable bonds is 6. The molecule has 1 aromatic heterocycles. The fourth-order valence-electron chi connectivity index (χ4n) is 3.55. The average molecular weight is 394 g/mol. The van der Waals surface area contributed by atoms with Gasteiger partial charge in [0.1, 0.15) is 11.4 Å². The van der Waals surface area contributed by atoms with E-state index in [0.717, 1.165) is 22.5 Å². The van der Waals surface area contributed by atoms with Gasteiger partial charge in [-0.2, -0.15) is 15.4 Å². The molecule has 0 unspecified atom stereocenters. The van der Waals surface area contributed by atoms with Crippen molar-refractivity contribution in [1.29, 1.82) is 0 Å². The van der Waals surface area contributed by atoms with E-state index in [1.54, 1.807) is 0 Å². The van der Waals surface area contributed by atoms with Crippen molar-refractivity contribution in [3.8, 4) is 0 Å². The van der Waals surface area contributed by atoms with Crippen molar-refractivity contribution in [2.24, 2.45) is 5.41 Å². The number of H-pyrrole nitrogens is 1. The summed E-state index contributed by atoms with van der Waals surface area (Å²) < 4.78 is 0. The summed E-state index contributed by atoms with van der Waals surface area (Å²) in [6.07, 6.45) is 16.7. The van der Waals surface area contributed by atoms with E-state index < -0.39 is 0 Å². The second-order valence-electron chi connectivity index (χ2n) is 8.26. The van der Waals surface area contributed by atoms with Gasteiger partial charge < -0.3 is 0 Å². The lowest BCUT2D eigenvalue weighted by Gasteiger charge is -2.32. The van der Waals surface area contributed by atoms with Crippen LogP contribution in [0.15, 0.2) is 59.3 Å². The molecule has 2 rings (SSSR count). The van der Waals surface area contributed by atoms with Gasteiger partial charge in [-0.1, -0.05) is 75.8 Å². The molecule has 1 aliphatic carbocycles. The highest BCUT2D eigenvalue weighted by Crippen LogP contribution is 2.40. The third kappa shape index (κ3) is 7.49. The number of hydrogen-bond acceptors (Lipinski definition) is 2. The molecular formula is C26H39N3. The Hall–Kier alpha value is -2.42. The maximum atomic E-state index is 4.18. The smallest absolute Gasteiger partial charge is 0.115 e. The summed E-state index contributed by atoms with van der Waals surface area (Å²) in [5.41, 5.74) is 8.22. The fourth-order valence-corrected chi connectivity index (χ4v) is 3.55. The molecule has 0 spiro atoms. The predicted octanol–water partition coefficient (Wildman–Crippen LogP) is 7.85. The molecule has 0 amide bonds. The highest BCUT2D eigenvalue weighted by molar-refractivity contribution is 5.68. The molecule has 158 valence electrons. The number of nitrogens with zero attached hydrogens (tertiary/aromatic N) is 2. The molecule has 0 saturated heterocycles. The molecule has 29 heavy (non-hydrogen) atoms. The van der Waals surface area contributed by atoms with Gasteiger partial charge in [0, 0.05) is 0 Å². The van der Waals surface area contributed by atoms with E-state index >= 15 is 0 Å². The van der Waals surface area contributed by atoms with Crippen molar-refractivity contribution < 1.29 is 0 Å². The quantitative estimate of drug-likeness (QED) is 0.500. The molecule has 0 bridgehead atoms. The normalized spacial score (nSPS) is 17.7. The van der Waals surface area contributed by atoms with Crippen LogP contribution < -0.4 is 0 Å². The van der Waals surface area contributed by atoms with Crippen LogP contribution in [0.5, 0.6) is 0 Å². The minimum absolute atomic E-state index is 0.285. The van der Waals surface area contributed by atoms with Gasteiger partial charge in [-0.15, -0.1) is 0 Å². The summed E-state index contributed by atoms with van der Waals surface area (Å²) >= 11 is 0. The lowest BCUT2D eigenvalue weighted by molar-refractivity contribution is 0.377. The van der Waals surface area contributed by atoms with Crippen LogP contribution in [0.2, 0.25) is 0 Å². The Bertz CT molecular complexity index is 839. The lowest BCUT2D eigenvalue weighted by atomic mass is 9.72. The number of allylic oxidation sites excluding steroid dienone is 10. The Kier molecular flexibility index (Phi) is 9.80. The van der Waals surface area contributed by atoms with Crippen LogP contribution in [-0.2, 0) is 0 Å². The third-order valence-electron chi connectivity index (χ3n) is 5.12. The third-order valence-corrected chi connectivity index (χ3v) is 5.12. The Morgan fingerprint density at radius 2 is 1.76 bits per heavy atom. The first-order valence-electron chi connectivity index (χ1n) is 10.7. The summed E-state index contributed by atoms with van der Waals surface area (Å²) in [7, 11) is 0. The molecule has 0 atom stereocenters. The van der Waals surface area contributed by atoms with E-state index in [0.29, 0.717) is 0 Å². The van der Waals surface area contributed by atoms with Crippen LogP contribution >= 0.6 is 0 Å². The number of nitrogens with one attached hydrogen (secondary N) is 1. The van der Waals surface area contributed by atoms with Gasteiger partial charge in [-0.3, -0.25) is 0 Å². The molecule has 1 N–H and O–H groups in total.